The van der Waals surface area contributed by atoms with Crippen LogP contribution in [0, 0.1) is 5.82 Å². The Kier molecular flexibility index (Phi) is 4.10. The zero-order chi connectivity index (χ0) is 16.5. The molecule has 2 aliphatic rings. The van der Waals surface area contributed by atoms with Gasteiger partial charge in [-0.3, -0.25) is 9.69 Å². The van der Waals surface area contributed by atoms with Gasteiger partial charge in [0.2, 0.25) is 5.91 Å². The first kappa shape index (κ1) is 15.4. The van der Waals surface area contributed by atoms with Crippen LogP contribution in [0.2, 0.25) is 0 Å². The Morgan fingerprint density at radius 1 is 1.17 bits per heavy atom. The Morgan fingerprint density at radius 2 is 2.08 bits per heavy atom. The number of nitrogens with one attached hydrogen (secondary N) is 1. The molecule has 2 aromatic rings. The van der Waals surface area contributed by atoms with Crippen molar-refractivity contribution in [3.8, 4) is 0 Å². The first-order chi connectivity index (χ1) is 11.7. The number of likely N-dealkylation sites (tertiary alicyclic amines) is 1. The number of halogens is 1. The summed E-state index contributed by atoms with van der Waals surface area (Å²) < 4.78 is 13.3. The summed E-state index contributed by atoms with van der Waals surface area (Å²) in [7, 11) is 0. The fraction of sp³-hybridized carbons (Fsp3) is 0.421. The molecular formula is C19H22FN3O. The molecule has 24 heavy (non-hydrogen) atoms. The summed E-state index contributed by atoms with van der Waals surface area (Å²) in [6, 6.07) is 4.91. The highest BCUT2D eigenvalue weighted by atomic mass is 19.1. The number of carbonyl (C=O) groups is 1. The third kappa shape index (κ3) is 2.96. The lowest BCUT2D eigenvalue weighted by atomic mass is 9.99. The predicted octanol–water partition coefficient (Wildman–Crippen LogP) is 3.02. The lowest BCUT2D eigenvalue weighted by molar-refractivity contribution is -0.127. The van der Waals surface area contributed by atoms with E-state index in [1.807, 2.05) is 17.2 Å². The van der Waals surface area contributed by atoms with E-state index in [4.69, 9.17) is 0 Å². The summed E-state index contributed by atoms with van der Waals surface area (Å²) in [6.07, 6.45) is 6.95. The van der Waals surface area contributed by atoms with Gasteiger partial charge in [0.1, 0.15) is 5.82 Å². The molecule has 126 valence electrons. The summed E-state index contributed by atoms with van der Waals surface area (Å²) in [5.41, 5.74) is 3.35. The molecule has 1 fully saturated rings. The second-order valence-electron chi connectivity index (χ2n) is 6.66. The van der Waals surface area contributed by atoms with Crippen molar-refractivity contribution in [2.24, 2.45) is 0 Å². The van der Waals surface area contributed by atoms with Crippen molar-refractivity contribution in [1.82, 2.24) is 14.8 Å². The van der Waals surface area contributed by atoms with Crippen LogP contribution in [0.15, 0.2) is 30.5 Å². The summed E-state index contributed by atoms with van der Waals surface area (Å²) in [5.74, 6) is 0.0884. The fourth-order valence-electron chi connectivity index (χ4n) is 3.73. The molecule has 1 aromatic carbocycles. The minimum absolute atomic E-state index is 0.212. The van der Waals surface area contributed by atoms with Gasteiger partial charge in [0.05, 0.1) is 0 Å². The number of benzene rings is 1. The highest BCUT2D eigenvalue weighted by Gasteiger charge is 2.21. The molecule has 2 aliphatic heterocycles. The van der Waals surface area contributed by atoms with Gasteiger partial charge >= 0.3 is 0 Å². The number of rotatable bonds is 4. The van der Waals surface area contributed by atoms with E-state index < -0.39 is 0 Å². The van der Waals surface area contributed by atoms with E-state index in [9.17, 15) is 9.18 Å². The summed E-state index contributed by atoms with van der Waals surface area (Å²) in [4.78, 5) is 19.2. The smallest absolute Gasteiger partial charge is 0.222 e. The molecule has 5 heteroatoms. The van der Waals surface area contributed by atoms with Gasteiger partial charge in [-0.1, -0.05) is 6.08 Å². The number of carbonyl (C=O) groups excluding carboxylic acids is 1. The minimum atomic E-state index is -0.212. The number of aromatic amines is 1. The van der Waals surface area contributed by atoms with E-state index in [1.165, 1.54) is 17.2 Å². The maximum absolute atomic E-state index is 13.3. The molecule has 1 saturated heterocycles. The summed E-state index contributed by atoms with van der Waals surface area (Å²) in [5, 5.41) is 1.08. The van der Waals surface area contributed by atoms with Crippen molar-refractivity contribution in [2.45, 2.75) is 19.3 Å². The van der Waals surface area contributed by atoms with E-state index in [0.717, 1.165) is 56.5 Å². The Hall–Kier alpha value is -2.14. The van der Waals surface area contributed by atoms with Crippen LogP contribution in [0.5, 0.6) is 0 Å². The van der Waals surface area contributed by atoms with Crippen LogP contribution >= 0.6 is 0 Å². The Bertz CT molecular complexity index is 795. The largest absolute Gasteiger partial charge is 0.360 e. The molecule has 1 aromatic heterocycles. The number of fused-ring (bicyclic) bond motifs is 1. The van der Waals surface area contributed by atoms with Crippen molar-refractivity contribution >= 4 is 22.4 Å². The maximum atomic E-state index is 13.3. The molecule has 0 unspecified atom stereocenters. The molecular weight excluding hydrogens is 305 g/mol. The van der Waals surface area contributed by atoms with Crippen LogP contribution < -0.4 is 0 Å². The average molecular weight is 327 g/mol. The highest BCUT2D eigenvalue weighted by Crippen LogP contribution is 2.29. The van der Waals surface area contributed by atoms with Crippen molar-refractivity contribution in [3.05, 3.63) is 41.9 Å². The van der Waals surface area contributed by atoms with Crippen molar-refractivity contribution in [3.63, 3.8) is 0 Å². The Morgan fingerprint density at radius 3 is 2.83 bits per heavy atom. The van der Waals surface area contributed by atoms with Crippen LogP contribution in [0.1, 0.15) is 24.8 Å². The van der Waals surface area contributed by atoms with Crippen LogP contribution in [-0.4, -0.2) is 53.4 Å². The molecule has 0 spiro atoms. The van der Waals surface area contributed by atoms with Gasteiger partial charge in [-0.2, -0.15) is 0 Å². The number of nitrogens with zero attached hydrogens (tertiary/aromatic N) is 2. The van der Waals surface area contributed by atoms with Gasteiger partial charge in [-0.25, -0.2) is 4.39 Å². The van der Waals surface area contributed by atoms with Gasteiger partial charge < -0.3 is 9.88 Å². The normalized spacial score (nSPS) is 19.3. The van der Waals surface area contributed by atoms with Crippen LogP contribution in [-0.2, 0) is 4.79 Å². The van der Waals surface area contributed by atoms with Crippen LogP contribution in [0.4, 0.5) is 4.39 Å². The highest BCUT2D eigenvalue weighted by molar-refractivity contribution is 5.92. The second-order valence-corrected chi connectivity index (χ2v) is 6.66. The molecule has 1 N–H and O–H groups in total. The maximum Gasteiger partial charge on any atom is 0.222 e. The molecule has 4 nitrogen and oxygen atoms in total. The van der Waals surface area contributed by atoms with Crippen LogP contribution in [0.25, 0.3) is 16.5 Å². The quantitative estimate of drug-likeness (QED) is 0.937. The molecule has 4 rings (SSSR count). The fourth-order valence-corrected chi connectivity index (χ4v) is 3.73. The summed E-state index contributed by atoms with van der Waals surface area (Å²) in [6.45, 7) is 4.61. The van der Waals surface area contributed by atoms with Gasteiger partial charge in [0, 0.05) is 61.8 Å². The van der Waals surface area contributed by atoms with Crippen molar-refractivity contribution in [2.75, 3.05) is 32.7 Å². The molecule has 3 heterocycles. The first-order valence-corrected chi connectivity index (χ1v) is 8.67. The third-order valence-corrected chi connectivity index (χ3v) is 5.14. The summed E-state index contributed by atoms with van der Waals surface area (Å²) >= 11 is 0. The predicted molar refractivity (Wildman–Crippen MR) is 93.1 cm³/mol. The van der Waals surface area contributed by atoms with E-state index in [1.54, 1.807) is 6.07 Å². The molecule has 0 aliphatic carbocycles. The minimum Gasteiger partial charge on any atom is -0.360 e. The van der Waals surface area contributed by atoms with E-state index in [0.29, 0.717) is 12.3 Å². The Balaban J connectivity index is 1.41. The molecule has 0 bridgehead atoms. The SMILES string of the molecule is O=C1CCCN1CCN1CC=C(c2c[nH]c3cc(F)ccc23)CC1. The van der Waals surface area contributed by atoms with Gasteiger partial charge in [-0.15, -0.1) is 0 Å². The second kappa shape index (κ2) is 6.40. The van der Waals surface area contributed by atoms with Crippen LogP contribution in [0.3, 0.4) is 0 Å². The number of hydrogen-bond acceptors (Lipinski definition) is 2. The Labute approximate surface area is 140 Å². The zero-order valence-electron chi connectivity index (χ0n) is 13.7. The number of H-pyrrole nitrogens is 1. The van der Waals surface area contributed by atoms with Gasteiger partial charge in [0.25, 0.3) is 0 Å². The topological polar surface area (TPSA) is 39.3 Å². The monoisotopic (exact) mass is 327 g/mol. The standard InChI is InChI=1S/C19H22FN3O/c20-15-3-4-16-17(13-21-18(16)12-15)14-5-8-22(9-6-14)10-11-23-7-1-2-19(23)24/h3-5,12-13,21H,1-2,6-11H2. The molecule has 0 radical (unpaired) electrons. The molecule has 1 amide bonds. The first-order valence-electron chi connectivity index (χ1n) is 8.67. The lowest BCUT2D eigenvalue weighted by Gasteiger charge is -2.28. The van der Waals surface area contributed by atoms with E-state index in [2.05, 4.69) is 16.0 Å². The molecule has 0 saturated carbocycles. The lowest BCUT2D eigenvalue weighted by Crippen LogP contribution is -2.37. The number of hydrogen-bond donors (Lipinski definition) is 1. The molecule has 0 atom stereocenters. The third-order valence-electron chi connectivity index (χ3n) is 5.14. The average Bonchev–Trinajstić information content (AvgIpc) is 3.19. The number of amides is 1. The van der Waals surface area contributed by atoms with Gasteiger partial charge in [0.15, 0.2) is 0 Å². The van der Waals surface area contributed by atoms with Gasteiger partial charge in [-0.05, 0) is 36.6 Å². The van der Waals surface area contributed by atoms with E-state index in [-0.39, 0.29) is 5.82 Å². The van der Waals surface area contributed by atoms with Crippen molar-refractivity contribution < 1.29 is 9.18 Å². The van der Waals surface area contributed by atoms with E-state index >= 15 is 0 Å². The number of aromatic nitrogens is 1. The zero-order valence-corrected chi connectivity index (χ0v) is 13.7. The van der Waals surface area contributed by atoms with Crippen molar-refractivity contribution in [1.29, 1.82) is 0 Å².